The van der Waals surface area contributed by atoms with Gasteiger partial charge in [-0.3, -0.25) is 14.2 Å². The third-order valence-corrected chi connectivity index (χ3v) is 5.46. The van der Waals surface area contributed by atoms with Crippen molar-refractivity contribution in [3.63, 3.8) is 0 Å². The number of benzene rings is 1. The number of hydrogen-bond donors (Lipinski definition) is 1. The Hall–Kier alpha value is -2.74. The maximum absolute atomic E-state index is 12.7. The molecule has 0 aliphatic carbocycles. The normalized spacial score (nSPS) is 10.9. The maximum atomic E-state index is 12.7. The topological polar surface area (TPSA) is 80.1 Å². The van der Waals surface area contributed by atoms with Gasteiger partial charge in [0.1, 0.15) is 17.6 Å². The van der Waals surface area contributed by atoms with E-state index in [-0.39, 0.29) is 18.0 Å². The van der Waals surface area contributed by atoms with Crippen molar-refractivity contribution in [2.45, 2.75) is 33.7 Å². The lowest BCUT2D eigenvalue weighted by atomic mass is 10.1. The van der Waals surface area contributed by atoms with Crippen LogP contribution in [-0.4, -0.2) is 33.5 Å². The molecule has 0 aliphatic rings. The third-order valence-electron chi connectivity index (χ3n) is 4.37. The first-order chi connectivity index (χ1) is 13.0. The second-order valence-corrected chi connectivity index (χ2v) is 7.08. The lowest BCUT2D eigenvalue weighted by Crippen LogP contribution is -2.27. The van der Waals surface area contributed by atoms with E-state index in [9.17, 15) is 9.59 Å². The van der Waals surface area contributed by atoms with E-state index >= 15 is 0 Å². The molecule has 0 bridgehead atoms. The summed E-state index contributed by atoms with van der Waals surface area (Å²) < 4.78 is 1.79. The van der Waals surface area contributed by atoms with Crippen LogP contribution in [0.4, 0.5) is 10.8 Å². The maximum Gasteiger partial charge on any atom is 0.273 e. The average molecular weight is 385 g/mol. The summed E-state index contributed by atoms with van der Waals surface area (Å²) in [6.45, 7) is 7.69. The Labute approximate surface area is 161 Å². The number of nitrogens with zero attached hydrogens (tertiary/aromatic N) is 4. The summed E-state index contributed by atoms with van der Waals surface area (Å²) in [5, 5.41) is 3.59. The SMILES string of the molecule is CCc1ccc(NC(=O)Cn2cnc3nc(N(CC)CC)sc3c2=O)cc1. The van der Waals surface area contributed by atoms with E-state index in [1.807, 2.05) is 38.1 Å². The van der Waals surface area contributed by atoms with Crippen molar-refractivity contribution in [2.24, 2.45) is 0 Å². The smallest absolute Gasteiger partial charge is 0.273 e. The summed E-state index contributed by atoms with van der Waals surface area (Å²) in [6.07, 6.45) is 2.33. The zero-order chi connectivity index (χ0) is 19.4. The Morgan fingerprint density at radius 1 is 1.19 bits per heavy atom. The van der Waals surface area contributed by atoms with Gasteiger partial charge in [0, 0.05) is 18.8 Å². The number of amides is 1. The number of carbonyl (C=O) groups is 1. The van der Waals surface area contributed by atoms with Crippen molar-refractivity contribution >= 4 is 38.4 Å². The number of aryl methyl sites for hydroxylation is 1. The molecule has 0 unspecified atom stereocenters. The predicted octanol–water partition coefficient (Wildman–Crippen LogP) is 2.90. The summed E-state index contributed by atoms with van der Waals surface area (Å²) in [6, 6.07) is 7.67. The third kappa shape index (κ3) is 4.16. The molecule has 0 saturated carbocycles. The molecular weight excluding hydrogens is 362 g/mol. The number of rotatable bonds is 7. The minimum Gasteiger partial charge on any atom is -0.349 e. The van der Waals surface area contributed by atoms with Crippen LogP contribution in [-0.2, 0) is 17.8 Å². The monoisotopic (exact) mass is 385 g/mol. The number of nitrogens with one attached hydrogen (secondary N) is 1. The molecule has 0 atom stereocenters. The number of anilines is 2. The van der Waals surface area contributed by atoms with Crippen LogP contribution in [0.1, 0.15) is 26.3 Å². The molecule has 8 heteroatoms. The molecule has 0 radical (unpaired) electrons. The minimum atomic E-state index is -0.268. The fourth-order valence-electron chi connectivity index (χ4n) is 2.76. The van der Waals surface area contributed by atoms with E-state index in [4.69, 9.17) is 0 Å². The molecule has 3 aromatic rings. The number of hydrogen-bond acceptors (Lipinski definition) is 6. The highest BCUT2D eigenvalue weighted by Gasteiger charge is 2.15. The van der Waals surface area contributed by atoms with Gasteiger partial charge in [0.05, 0.1) is 0 Å². The average Bonchev–Trinajstić information content (AvgIpc) is 3.10. The standard InChI is InChI=1S/C19H23N5O2S/c1-4-13-7-9-14(10-8-13)21-15(25)11-24-12-20-17-16(18(24)26)27-19(22-17)23(5-2)6-3/h7-10,12H,4-6,11H2,1-3H3,(H,21,25). The van der Waals surface area contributed by atoms with E-state index in [0.717, 1.165) is 24.6 Å². The molecule has 3 rings (SSSR count). The van der Waals surface area contributed by atoms with Crippen LogP contribution in [0, 0.1) is 0 Å². The Morgan fingerprint density at radius 3 is 2.52 bits per heavy atom. The highest BCUT2D eigenvalue weighted by atomic mass is 32.1. The van der Waals surface area contributed by atoms with Gasteiger partial charge in [0.25, 0.3) is 5.56 Å². The molecular formula is C19H23N5O2S. The fourth-order valence-corrected chi connectivity index (χ4v) is 3.85. The fraction of sp³-hybridized carbons (Fsp3) is 0.368. The van der Waals surface area contributed by atoms with Gasteiger partial charge in [0.2, 0.25) is 5.91 Å². The van der Waals surface area contributed by atoms with E-state index in [1.165, 1.54) is 27.8 Å². The Morgan fingerprint density at radius 2 is 1.89 bits per heavy atom. The van der Waals surface area contributed by atoms with Crippen LogP contribution in [0.3, 0.4) is 0 Å². The zero-order valence-electron chi connectivity index (χ0n) is 15.7. The highest BCUT2D eigenvalue weighted by Crippen LogP contribution is 2.24. The summed E-state index contributed by atoms with van der Waals surface area (Å²) in [5.41, 5.74) is 2.10. The summed E-state index contributed by atoms with van der Waals surface area (Å²) in [5.74, 6) is -0.268. The largest absolute Gasteiger partial charge is 0.349 e. The van der Waals surface area contributed by atoms with Crippen molar-refractivity contribution in [3.8, 4) is 0 Å². The Bertz CT molecular complexity index is 989. The van der Waals surface area contributed by atoms with Crippen LogP contribution >= 0.6 is 11.3 Å². The van der Waals surface area contributed by atoms with E-state index in [1.54, 1.807) is 0 Å². The summed E-state index contributed by atoms with van der Waals surface area (Å²) in [4.78, 5) is 35.8. The second kappa shape index (κ2) is 8.30. The first kappa shape index (κ1) is 19.0. The van der Waals surface area contributed by atoms with Gasteiger partial charge in [-0.15, -0.1) is 0 Å². The molecule has 7 nitrogen and oxygen atoms in total. The van der Waals surface area contributed by atoms with Crippen LogP contribution in [0.25, 0.3) is 10.3 Å². The summed E-state index contributed by atoms with van der Waals surface area (Å²) >= 11 is 1.32. The van der Waals surface area contributed by atoms with E-state index < -0.39 is 0 Å². The molecule has 1 aromatic carbocycles. The molecule has 0 aliphatic heterocycles. The molecule has 0 fully saturated rings. The lowest BCUT2D eigenvalue weighted by Gasteiger charge is -2.15. The Balaban J connectivity index is 1.78. The summed E-state index contributed by atoms with van der Waals surface area (Å²) in [7, 11) is 0. The van der Waals surface area contributed by atoms with Gasteiger partial charge >= 0.3 is 0 Å². The minimum absolute atomic E-state index is 0.0875. The van der Waals surface area contributed by atoms with Gasteiger partial charge in [-0.25, -0.2) is 4.98 Å². The molecule has 1 amide bonds. The zero-order valence-corrected chi connectivity index (χ0v) is 16.5. The van der Waals surface area contributed by atoms with Crippen molar-refractivity contribution < 1.29 is 4.79 Å². The van der Waals surface area contributed by atoms with Crippen molar-refractivity contribution in [1.82, 2.24) is 14.5 Å². The van der Waals surface area contributed by atoms with Crippen LogP contribution in [0.15, 0.2) is 35.4 Å². The lowest BCUT2D eigenvalue weighted by molar-refractivity contribution is -0.116. The van der Waals surface area contributed by atoms with E-state index in [0.29, 0.717) is 16.0 Å². The van der Waals surface area contributed by atoms with Gasteiger partial charge in [-0.2, -0.15) is 4.98 Å². The van der Waals surface area contributed by atoms with Crippen molar-refractivity contribution in [3.05, 3.63) is 46.5 Å². The second-order valence-electron chi connectivity index (χ2n) is 6.10. The molecule has 27 heavy (non-hydrogen) atoms. The number of fused-ring (bicyclic) bond motifs is 1. The Kier molecular flexibility index (Phi) is 5.85. The van der Waals surface area contributed by atoms with Gasteiger partial charge < -0.3 is 10.2 Å². The molecule has 0 saturated heterocycles. The molecule has 2 aromatic heterocycles. The van der Waals surface area contributed by atoms with Gasteiger partial charge in [-0.05, 0) is 38.0 Å². The van der Waals surface area contributed by atoms with Crippen LogP contribution < -0.4 is 15.8 Å². The first-order valence-corrected chi connectivity index (χ1v) is 9.87. The van der Waals surface area contributed by atoms with E-state index in [2.05, 4.69) is 27.1 Å². The van der Waals surface area contributed by atoms with Gasteiger partial charge in [0.15, 0.2) is 10.8 Å². The number of aromatic nitrogens is 3. The molecule has 1 N–H and O–H groups in total. The quantitative estimate of drug-likeness (QED) is 0.676. The number of carbonyl (C=O) groups excluding carboxylic acids is 1. The van der Waals surface area contributed by atoms with Crippen molar-refractivity contribution in [2.75, 3.05) is 23.3 Å². The predicted molar refractivity (Wildman–Crippen MR) is 110 cm³/mol. The highest BCUT2D eigenvalue weighted by molar-refractivity contribution is 7.22. The molecule has 142 valence electrons. The first-order valence-electron chi connectivity index (χ1n) is 9.05. The number of thiazole rings is 1. The van der Waals surface area contributed by atoms with Crippen LogP contribution in [0.5, 0.6) is 0 Å². The molecule has 2 heterocycles. The van der Waals surface area contributed by atoms with Crippen molar-refractivity contribution in [1.29, 1.82) is 0 Å². The van der Waals surface area contributed by atoms with Gasteiger partial charge in [-0.1, -0.05) is 30.4 Å². The molecule has 0 spiro atoms. The van der Waals surface area contributed by atoms with Crippen LogP contribution in [0.2, 0.25) is 0 Å².